The molecule has 0 bridgehead atoms. The van der Waals surface area contributed by atoms with E-state index < -0.39 is 0 Å². The number of benzene rings is 2. The van der Waals surface area contributed by atoms with Crippen molar-refractivity contribution in [3.63, 3.8) is 0 Å². The molecule has 0 aliphatic carbocycles. The van der Waals surface area contributed by atoms with E-state index in [1.807, 2.05) is 43.3 Å². The summed E-state index contributed by atoms with van der Waals surface area (Å²) in [4.78, 5) is 12.3. The highest BCUT2D eigenvalue weighted by atomic mass is 16.5. The summed E-state index contributed by atoms with van der Waals surface area (Å²) < 4.78 is 16.4. The van der Waals surface area contributed by atoms with Crippen LogP contribution in [0.1, 0.15) is 30.9 Å². The summed E-state index contributed by atoms with van der Waals surface area (Å²) in [6, 6.07) is 11.2. The van der Waals surface area contributed by atoms with Gasteiger partial charge in [0.1, 0.15) is 5.75 Å². The van der Waals surface area contributed by atoms with Gasteiger partial charge in [0.05, 0.1) is 26.5 Å². The molecule has 0 atom stereocenters. The third kappa shape index (κ3) is 6.06. The Hall–Kier alpha value is -2.95. The van der Waals surface area contributed by atoms with Gasteiger partial charge in [-0.25, -0.2) is 0 Å². The molecule has 144 valence electrons. The zero-order chi connectivity index (χ0) is 19.6. The second-order valence-corrected chi connectivity index (χ2v) is 6.14. The van der Waals surface area contributed by atoms with Crippen LogP contribution in [-0.4, -0.2) is 26.7 Å². The smallest absolute Gasteiger partial charge is 0.248 e. The Balaban J connectivity index is 2.06. The van der Waals surface area contributed by atoms with Crippen molar-refractivity contribution in [2.24, 2.45) is 0 Å². The Morgan fingerprint density at radius 1 is 1.04 bits per heavy atom. The number of ether oxygens (including phenoxy) is 3. The molecule has 5 nitrogen and oxygen atoms in total. The number of aryl methyl sites for hydroxylation is 1. The van der Waals surface area contributed by atoms with E-state index in [0.29, 0.717) is 29.5 Å². The number of methoxy groups -OCH3 is 2. The lowest BCUT2D eigenvalue weighted by atomic mass is 10.1. The summed E-state index contributed by atoms with van der Waals surface area (Å²) in [6.07, 6.45) is 5.28. The second-order valence-electron chi connectivity index (χ2n) is 6.14. The Bertz CT molecular complexity index is 799. The number of anilines is 1. The fourth-order valence-electron chi connectivity index (χ4n) is 2.50. The highest BCUT2D eigenvalue weighted by molar-refractivity contribution is 6.02. The summed E-state index contributed by atoms with van der Waals surface area (Å²) in [7, 11) is 3.18. The average Bonchev–Trinajstić information content (AvgIpc) is 2.67. The molecule has 0 fully saturated rings. The largest absolute Gasteiger partial charge is 0.495 e. The molecule has 0 saturated carbocycles. The fourth-order valence-corrected chi connectivity index (χ4v) is 2.50. The van der Waals surface area contributed by atoms with E-state index in [0.717, 1.165) is 24.0 Å². The van der Waals surface area contributed by atoms with Crippen LogP contribution in [0.25, 0.3) is 6.08 Å². The van der Waals surface area contributed by atoms with Crippen LogP contribution >= 0.6 is 0 Å². The summed E-state index contributed by atoms with van der Waals surface area (Å²) >= 11 is 0. The van der Waals surface area contributed by atoms with Crippen LogP contribution in [-0.2, 0) is 4.79 Å². The first-order valence-electron chi connectivity index (χ1n) is 9.02. The molecule has 27 heavy (non-hydrogen) atoms. The van der Waals surface area contributed by atoms with Crippen LogP contribution in [0.3, 0.4) is 0 Å². The van der Waals surface area contributed by atoms with Crippen molar-refractivity contribution in [2.75, 3.05) is 26.1 Å². The molecular formula is C22H27NO4. The van der Waals surface area contributed by atoms with E-state index in [2.05, 4.69) is 12.2 Å². The molecule has 0 saturated heterocycles. The average molecular weight is 369 g/mol. The zero-order valence-corrected chi connectivity index (χ0v) is 16.4. The van der Waals surface area contributed by atoms with Crippen molar-refractivity contribution in [1.29, 1.82) is 0 Å². The van der Waals surface area contributed by atoms with Gasteiger partial charge in [-0.1, -0.05) is 25.5 Å². The van der Waals surface area contributed by atoms with Gasteiger partial charge in [-0.2, -0.15) is 0 Å². The number of hydrogen-bond donors (Lipinski definition) is 1. The molecule has 1 amide bonds. The van der Waals surface area contributed by atoms with E-state index in [1.54, 1.807) is 20.3 Å². The normalized spacial score (nSPS) is 10.7. The van der Waals surface area contributed by atoms with E-state index in [1.165, 1.54) is 6.08 Å². The Kier molecular flexibility index (Phi) is 7.74. The van der Waals surface area contributed by atoms with Gasteiger partial charge >= 0.3 is 0 Å². The summed E-state index contributed by atoms with van der Waals surface area (Å²) in [5.74, 6) is 1.74. The summed E-state index contributed by atoms with van der Waals surface area (Å²) in [5, 5.41) is 2.84. The third-order valence-corrected chi connectivity index (χ3v) is 3.98. The SMILES string of the molecule is CCCCOc1ccc(/C=C/C(=O)Nc2cc(C)ccc2OC)cc1OC. The van der Waals surface area contributed by atoms with Crippen LogP contribution in [0.15, 0.2) is 42.5 Å². The standard InChI is InChI=1S/C22H27NO4/c1-5-6-13-27-20-11-8-17(15-21(20)26-4)9-12-22(24)23-18-14-16(2)7-10-19(18)25-3/h7-12,14-15H,5-6,13H2,1-4H3,(H,23,24)/b12-9+. The van der Waals surface area contributed by atoms with Crippen molar-refractivity contribution >= 4 is 17.7 Å². The Morgan fingerprint density at radius 3 is 2.48 bits per heavy atom. The predicted molar refractivity (Wildman–Crippen MR) is 109 cm³/mol. The second kappa shape index (κ2) is 10.3. The van der Waals surface area contributed by atoms with Gasteiger partial charge in [-0.15, -0.1) is 0 Å². The lowest BCUT2D eigenvalue weighted by Gasteiger charge is -2.11. The van der Waals surface area contributed by atoms with Crippen molar-refractivity contribution in [1.82, 2.24) is 0 Å². The number of nitrogens with one attached hydrogen (secondary N) is 1. The molecule has 5 heteroatoms. The quantitative estimate of drug-likeness (QED) is 0.507. The summed E-state index contributed by atoms with van der Waals surface area (Å²) in [5.41, 5.74) is 2.53. The van der Waals surface area contributed by atoms with Crippen molar-refractivity contribution in [3.8, 4) is 17.2 Å². The van der Waals surface area contributed by atoms with E-state index >= 15 is 0 Å². The van der Waals surface area contributed by atoms with Gasteiger partial charge in [0.2, 0.25) is 5.91 Å². The van der Waals surface area contributed by atoms with Crippen LogP contribution in [0.2, 0.25) is 0 Å². The van der Waals surface area contributed by atoms with Gasteiger partial charge in [0.15, 0.2) is 11.5 Å². The zero-order valence-electron chi connectivity index (χ0n) is 16.4. The molecule has 0 aromatic heterocycles. The van der Waals surface area contributed by atoms with Gasteiger partial charge in [0.25, 0.3) is 0 Å². The molecule has 1 N–H and O–H groups in total. The summed E-state index contributed by atoms with van der Waals surface area (Å²) in [6.45, 7) is 4.73. The number of rotatable bonds is 9. The number of hydrogen-bond acceptors (Lipinski definition) is 4. The molecule has 0 heterocycles. The maximum Gasteiger partial charge on any atom is 0.248 e. The van der Waals surface area contributed by atoms with Crippen LogP contribution < -0.4 is 19.5 Å². The minimum atomic E-state index is -0.235. The lowest BCUT2D eigenvalue weighted by molar-refractivity contribution is -0.111. The Morgan fingerprint density at radius 2 is 1.78 bits per heavy atom. The molecule has 0 aliphatic heterocycles. The molecule has 0 aliphatic rings. The highest BCUT2D eigenvalue weighted by Gasteiger charge is 2.07. The topological polar surface area (TPSA) is 56.8 Å². The van der Waals surface area contributed by atoms with Crippen LogP contribution in [0, 0.1) is 6.92 Å². The molecule has 2 aromatic rings. The maximum absolute atomic E-state index is 12.3. The third-order valence-electron chi connectivity index (χ3n) is 3.98. The molecule has 0 spiro atoms. The van der Waals surface area contributed by atoms with E-state index in [9.17, 15) is 4.79 Å². The molecule has 2 rings (SSSR count). The minimum absolute atomic E-state index is 0.235. The number of unbranched alkanes of at least 4 members (excludes halogenated alkanes) is 1. The predicted octanol–water partition coefficient (Wildman–Crippen LogP) is 4.84. The number of amides is 1. The minimum Gasteiger partial charge on any atom is -0.495 e. The lowest BCUT2D eigenvalue weighted by Crippen LogP contribution is -2.09. The first kappa shape index (κ1) is 20.4. The molecule has 0 unspecified atom stereocenters. The number of carbonyl (C=O) groups excluding carboxylic acids is 1. The number of carbonyl (C=O) groups is 1. The molecular weight excluding hydrogens is 342 g/mol. The van der Waals surface area contributed by atoms with E-state index in [-0.39, 0.29) is 5.91 Å². The van der Waals surface area contributed by atoms with Crippen molar-refractivity contribution in [3.05, 3.63) is 53.6 Å². The fraction of sp³-hybridized carbons (Fsp3) is 0.318. The maximum atomic E-state index is 12.3. The Labute approximate surface area is 161 Å². The monoisotopic (exact) mass is 369 g/mol. The first-order valence-corrected chi connectivity index (χ1v) is 9.02. The first-order chi connectivity index (χ1) is 13.1. The van der Waals surface area contributed by atoms with Gasteiger partial charge < -0.3 is 19.5 Å². The molecule has 2 aromatic carbocycles. The van der Waals surface area contributed by atoms with Gasteiger partial charge in [0, 0.05) is 6.08 Å². The molecule has 0 radical (unpaired) electrons. The van der Waals surface area contributed by atoms with Crippen molar-refractivity contribution in [2.45, 2.75) is 26.7 Å². The van der Waals surface area contributed by atoms with Crippen molar-refractivity contribution < 1.29 is 19.0 Å². The van der Waals surface area contributed by atoms with Gasteiger partial charge in [-0.05, 0) is 54.8 Å². The highest BCUT2D eigenvalue weighted by Crippen LogP contribution is 2.29. The van der Waals surface area contributed by atoms with Crippen LogP contribution in [0.4, 0.5) is 5.69 Å². The van der Waals surface area contributed by atoms with Gasteiger partial charge in [-0.3, -0.25) is 4.79 Å². The van der Waals surface area contributed by atoms with Crippen LogP contribution in [0.5, 0.6) is 17.2 Å². The van der Waals surface area contributed by atoms with E-state index in [4.69, 9.17) is 14.2 Å².